The lowest BCUT2D eigenvalue weighted by molar-refractivity contribution is 1.18. The molecule has 2 aromatic heterocycles. The summed E-state index contributed by atoms with van der Waals surface area (Å²) in [5.74, 6) is 0. The first kappa shape index (κ1) is 22.8. The molecule has 186 valence electrons. The maximum atomic E-state index is 9.44. The number of thiophene rings is 1. The minimum atomic E-state index is 0.696. The second-order valence-electron chi connectivity index (χ2n) is 10.1. The van der Waals surface area contributed by atoms with E-state index in [1.165, 1.54) is 58.8 Å². The van der Waals surface area contributed by atoms with Gasteiger partial charge in [-0.1, -0.05) is 78.9 Å². The van der Waals surface area contributed by atoms with E-state index in [2.05, 4.69) is 132 Å². The average Bonchev–Trinajstić information content (AvgIpc) is 3.56. The third-order valence-electron chi connectivity index (χ3n) is 7.81. The first-order chi connectivity index (χ1) is 19.8. The SMILES string of the molecule is N#Cc1ccc2sc3ccc(-c4cccc(-c5cccc6c7ccccc7n(-c7ccccc7)c56)c4)cc3c2c1. The van der Waals surface area contributed by atoms with Crippen LogP contribution >= 0.6 is 11.3 Å². The van der Waals surface area contributed by atoms with E-state index in [0.717, 1.165) is 11.1 Å². The van der Waals surface area contributed by atoms with E-state index in [9.17, 15) is 5.26 Å². The third-order valence-corrected chi connectivity index (χ3v) is 8.97. The first-order valence-corrected chi connectivity index (χ1v) is 14.1. The summed E-state index contributed by atoms with van der Waals surface area (Å²) in [7, 11) is 0. The molecule has 0 bridgehead atoms. The number of hydrogen-bond donors (Lipinski definition) is 0. The Balaban J connectivity index is 1.34. The van der Waals surface area contributed by atoms with Gasteiger partial charge >= 0.3 is 0 Å². The molecule has 2 heterocycles. The Hall–Kier alpha value is -5.17. The van der Waals surface area contributed by atoms with Crippen molar-refractivity contribution >= 4 is 53.3 Å². The summed E-state index contributed by atoms with van der Waals surface area (Å²) in [4.78, 5) is 0. The van der Waals surface area contributed by atoms with Crippen LogP contribution < -0.4 is 0 Å². The molecule has 0 saturated heterocycles. The lowest BCUT2D eigenvalue weighted by atomic mass is 9.96. The number of nitrogens with zero attached hydrogens (tertiary/aromatic N) is 2. The van der Waals surface area contributed by atoms with Gasteiger partial charge in [0.25, 0.3) is 0 Å². The Morgan fingerprint density at radius 1 is 0.525 bits per heavy atom. The van der Waals surface area contributed by atoms with Gasteiger partial charge in [0.15, 0.2) is 0 Å². The largest absolute Gasteiger partial charge is 0.309 e. The van der Waals surface area contributed by atoms with Crippen molar-refractivity contribution in [2.75, 3.05) is 0 Å². The molecule has 8 rings (SSSR count). The zero-order chi connectivity index (χ0) is 26.6. The second kappa shape index (κ2) is 8.95. The standard InChI is InChI=1S/C37H22N2S/c38-23-24-16-18-35-32(20-24)33-22-26(17-19-36(33)40-35)25-8-6-9-27(21-25)29-13-7-14-31-30-12-4-5-15-34(30)39(37(29)31)28-10-2-1-3-11-28/h1-22H. The summed E-state index contributed by atoms with van der Waals surface area (Å²) in [6.45, 7) is 0. The normalized spacial score (nSPS) is 11.5. The number of nitriles is 1. The zero-order valence-electron chi connectivity index (χ0n) is 21.5. The molecule has 0 atom stereocenters. The van der Waals surface area contributed by atoms with Crippen LogP contribution in [0.4, 0.5) is 0 Å². The molecular formula is C37H22N2S. The first-order valence-electron chi connectivity index (χ1n) is 13.3. The van der Waals surface area contributed by atoms with Crippen molar-refractivity contribution in [2.24, 2.45) is 0 Å². The lowest BCUT2D eigenvalue weighted by Gasteiger charge is -2.12. The van der Waals surface area contributed by atoms with Gasteiger partial charge in [-0.2, -0.15) is 5.26 Å². The van der Waals surface area contributed by atoms with Gasteiger partial charge < -0.3 is 4.57 Å². The molecule has 0 saturated carbocycles. The molecule has 0 unspecified atom stereocenters. The highest BCUT2D eigenvalue weighted by Gasteiger charge is 2.16. The highest BCUT2D eigenvalue weighted by Crippen LogP contribution is 2.40. The van der Waals surface area contributed by atoms with E-state index < -0.39 is 0 Å². The predicted octanol–water partition coefficient (Wildman–Crippen LogP) is 10.4. The molecule has 2 nitrogen and oxygen atoms in total. The smallest absolute Gasteiger partial charge is 0.0991 e. The van der Waals surface area contributed by atoms with Crippen molar-refractivity contribution < 1.29 is 0 Å². The molecular weight excluding hydrogens is 504 g/mol. The highest BCUT2D eigenvalue weighted by molar-refractivity contribution is 7.25. The van der Waals surface area contributed by atoms with Crippen molar-refractivity contribution in [2.45, 2.75) is 0 Å². The summed E-state index contributed by atoms with van der Waals surface area (Å²) in [6, 6.07) is 49.7. The lowest BCUT2D eigenvalue weighted by Crippen LogP contribution is -1.95. The minimum absolute atomic E-state index is 0.696. The Labute approximate surface area is 235 Å². The number of benzene rings is 6. The second-order valence-corrected chi connectivity index (χ2v) is 11.2. The highest BCUT2D eigenvalue weighted by atomic mass is 32.1. The minimum Gasteiger partial charge on any atom is -0.309 e. The molecule has 0 aliphatic carbocycles. The van der Waals surface area contributed by atoms with Crippen molar-refractivity contribution in [1.82, 2.24) is 4.57 Å². The quantitative estimate of drug-likeness (QED) is 0.225. The fraction of sp³-hybridized carbons (Fsp3) is 0. The fourth-order valence-electron chi connectivity index (χ4n) is 5.99. The topological polar surface area (TPSA) is 28.7 Å². The summed E-state index contributed by atoms with van der Waals surface area (Å²) in [6.07, 6.45) is 0. The summed E-state index contributed by atoms with van der Waals surface area (Å²) in [5, 5.41) is 14.3. The molecule has 40 heavy (non-hydrogen) atoms. The third kappa shape index (κ3) is 3.48. The number of fused-ring (bicyclic) bond motifs is 6. The molecule has 0 amide bonds. The van der Waals surface area contributed by atoms with E-state index in [0.29, 0.717) is 5.56 Å². The Bertz CT molecular complexity index is 2280. The number of aromatic nitrogens is 1. The van der Waals surface area contributed by atoms with Crippen molar-refractivity contribution in [3.63, 3.8) is 0 Å². The maximum Gasteiger partial charge on any atom is 0.0991 e. The van der Waals surface area contributed by atoms with Crippen LogP contribution in [0.5, 0.6) is 0 Å². The maximum absolute atomic E-state index is 9.44. The Morgan fingerprint density at radius 3 is 2.10 bits per heavy atom. The summed E-state index contributed by atoms with van der Waals surface area (Å²) < 4.78 is 4.84. The molecule has 0 fully saturated rings. The van der Waals surface area contributed by atoms with E-state index in [4.69, 9.17) is 0 Å². The van der Waals surface area contributed by atoms with Gasteiger partial charge in [0.2, 0.25) is 0 Å². The van der Waals surface area contributed by atoms with Gasteiger partial charge in [0.05, 0.1) is 22.7 Å². The van der Waals surface area contributed by atoms with Gasteiger partial charge in [-0.15, -0.1) is 11.3 Å². The predicted molar refractivity (Wildman–Crippen MR) is 169 cm³/mol. The zero-order valence-corrected chi connectivity index (χ0v) is 22.3. The van der Waals surface area contributed by atoms with Crippen LogP contribution in [0.25, 0.3) is 69.9 Å². The van der Waals surface area contributed by atoms with Crippen molar-refractivity contribution in [1.29, 1.82) is 5.26 Å². The molecule has 0 aliphatic rings. The van der Waals surface area contributed by atoms with Crippen molar-refractivity contribution in [3.05, 3.63) is 139 Å². The van der Waals surface area contributed by atoms with Crippen LogP contribution in [0, 0.1) is 11.3 Å². The number of rotatable bonds is 3. The monoisotopic (exact) mass is 526 g/mol. The summed E-state index contributed by atoms with van der Waals surface area (Å²) >= 11 is 1.78. The fourth-order valence-corrected chi connectivity index (χ4v) is 7.06. The van der Waals surface area contributed by atoms with Gasteiger partial charge in [-0.05, 0) is 71.3 Å². The van der Waals surface area contributed by atoms with E-state index >= 15 is 0 Å². The van der Waals surface area contributed by atoms with Crippen LogP contribution in [-0.2, 0) is 0 Å². The van der Waals surface area contributed by atoms with Gasteiger partial charge in [-0.3, -0.25) is 0 Å². The molecule has 3 heteroatoms. The molecule has 6 aromatic carbocycles. The van der Waals surface area contributed by atoms with Gasteiger partial charge in [0, 0.05) is 42.2 Å². The van der Waals surface area contributed by atoms with E-state index in [-0.39, 0.29) is 0 Å². The Morgan fingerprint density at radius 2 is 1.23 bits per heavy atom. The molecule has 0 aliphatic heterocycles. The van der Waals surface area contributed by atoms with Crippen LogP contribution in [0.15, 0.2) is 133 Å². The van der Waals surface area contributed by atoms with Crippen LogP contribution in [0.3, 0.4) is 0 Å². The molecule has 0 radical (unpaired) electrons. The van der Waals surface area contributed by atoms with E-state index in [1.807, 2.05) is 12.1 Å². The number of para-hydroxylation sites is 3. The summed E-state index contributed by atoms with van der Waals surface area (Å²) in [5.41, 5.74) is 9.02. The molecule has 0 N–H and O–H groups in total. The van der Waals surface area contributed by atoms with Gasteiger partial charge in [-0.25, -0.2) is 0 Å². The number of hydrogen-bond acceptors (Lipinski definition) is 2. The Kier molecular flexibility index (Phi) is 5.10. The van der Waals surface area contributed by atoms with E-state index in [1.54, 1.807) is 11.3 Å². The van der Waals surface area contributed by atoms with Crippen molar-refractivity contribution in [3.8, 4) is 34.0 Å². The molecule has 8 aromatic rings. The van der Waals surface area contributed by atoms with Gasteiger partial charge in [0.1, 0.15) is 0 Å². The molecule has 0 spiro atoms. The van der Waals surface area contributed by atoms with Crippen LogP contribution in [-0.4, -0.2) is 4.57 Å². The average molecular weight is 527 g/mol. The van der Waals surface area contributed by atoms with Crippen LogP contribution in [0.2, 0.25) is 0 Å². The van der Waals surface area contributed by atoms with Crippen LogP contribution in [0.1, 0.15) is 5.56 Å².